The molecule has 0 bridgehead atoms. The van der Waals surface area contributed by atoms with Crippen LogP contribution in [0.5, 0.6) is 0 Å². The number of aromatic nitrogens is 1. The summed E-state index contributed by atoms with van der Waals surface area (Å²) in [6.45, 7) is 5.28. The largest absolute Gasteiger partial charge is 0.368 e. The van der Waals surface area contributed by atoms with E-state index < -0.39 is 0 Å². The quantitative estimate of drug-likeness (QED) is 0.555. The van der Waals surface area contributed by atoms with Gasteiger partial charge in [0, 0.05) is 45.5 Å². The van der Waals surface area contributed by atoms with Crippen molar-refractivity contribution in [2.24, 2.45) is 5.84 Å². The minimum Gasteiger partial charge on any atom is -0.368 e. The van der Waals surface area contributed by atoms with Gasteiger partial charge >= 0.3 is 0 Å². The molecule has 7 heteroatoms. The maximum Gasteiger partial charge on any atom is 0.251 e. The van der Waals surface area contributed by atoms with Crippen LogP contribution >= 0.6 is 0 Å². The van der Waals surface area contributed by atoms with E-state index in [9.17, 15) is 4.79 Å². The van der Waals surface area contributed by atoms with Crippen molar-refractivity contribution in [2.45, 2.75) is 31.5 Å². The van der Waals surface area contributed by atoms with Crippen LogP contribution in [0.1, 0.15) is 30.1 Å². The SMILES string of the molecule is NN(Cc1ccccn1)C(CN1CCN(C(=O)C2CCCO2)CC1)c1ccccc1. The Morgan fingerprint density at radius 3 is 2.57 bits per heavy atom. The van der Waals surface area contributed by atoms with Crippen LogP contribution in [0.3, 0.4) is 0 Å². The van der Waals surface area contributed by atoms with Gasteiger partial charge in [-0.2, -0.15) is 0 Å². The van der Waals surface area contributed by atoms with Crippen LogP contribution in [0.15, 0.2) is 54.7 Å². The van der Waals surface area contributed by atoms with Gasteiger partial charge in [-0.3, -0.25) is 20.5 Å². The maximum atomic E-state index is 12.6. The highest BCUT2D eigenvalue weighted by Crippen LogP contribution is 2.22. The fourth-order valence-corrected chi connectivity index (χ4v) is 4.24. The Kier molecular flexibility index (Phi) is 7.07. The van der Waals surface area contributed by atoms with E-state index in [1.165, 1.54) is 5.56 Å². The third-order valence-electron chi connectivity index (χ3n) is 5.98. The van der Waals surface area contributed by atoms with Gasteiger partial charge in [-0.15, -0.1) is 0 Å². The second-order valence-electron chi connectivity index (χ2n) is 8.05. The monoisotopic (exact) mass is 409 g/mol. The zero-order valence-electron chi connectivity index (χ0n) is 17.4. The van der Waals surface area contributed by atoms with Crippen LogP contribution in [-0.2, 0) is 16.1 Å². The molecule has 2 aliphatic heterocycles. The molecule has 2 aliphatic rings. The fourth-order valence-electron chi connectivity index (χ4n) is 4.24. The van der Waals surface area contributed by atoms with E-state index in [0.717, 1.165) is 51.3 Å². The molecule has 0 radical (unpaired) electrons. The Bertz CT molecular complexity index is 790. The molecule has 7 nitrogen and oxygen atoms in total. The maximum absolute atomic E-state index is 12.6. The number of nitrogens with zero attached hydrogens (tertiary/aromatic N) is 4. The van der Waals surface area contributed by atoms with Gasteiger partial charge in [0.25, 0.3) is 5.91 Å². The molecule has 1 amide bonds. The van der Waals surface area contributed by atoms with E-state index >= 15 is 0 Å². The number of hydrogen-bond donors (Lipinski definition) is 1. The normalized spacial score (nSPS) is 21.1. The molecule has 0 saturated carbocycles. The lowest BCUT2D eigenvalue weighted by Gasteiger charge is -2.39. The predicted octanol–water partition coefficient (Wildman–Crippen LogP) is 1.82. The third-order valence-corrected chi connectivity index (χ3v) is 5.98. The number of nitrogens with two attached hydrogens (primary N) is 1. The highest BCUT2D eigenvalue weighted by molar-refractivity contribution is 5.81. The van der Waals surface area contributed by atoms with Gasteiger partial charge in [-0.25, -0.2) is 5.01 Å². The summed E-state index contributed by atoms with van der Waals surface area (Å²) in [4.78, 5) is 21.4. The van der Waals surface area contributed by atoms with Gasteiger partial charge < -0.3 is 9.64 Å². The lowest BCUT2D eigenvalue weighted by Crippen LogP contribution is -2.53. The van der Waals surface area contributed by atoms with Crippen molar-refractivity contribution in [3.8, 4) is 0 Å². The molecule has 2 atom stereocenters. The number of rotatable bonds is 7. The smallest absolute Gasteiger partial charge is 0.251 e. The molecule has 2 fully saturated rings. The molecule has 2 aromatic rings. The minimum absolute atomic E-state index is 0.0497. The Hall–Kier alpha value is -2.32. The fraction of sp³-hybridized carbons (Fsp3) is 0.478. The number of pyridine rings is 1. The van der Waals surface area contributed by atoms with Crippen molar-refractivity contribution in [3.63, 3.8) is 0 Å². The highest BCUT2D eigenvalue weighted by Gasteiger charge is 2.31. The summed E-state index contributed by atoms with van der Waals surface area (Å²) in [6.07, 6.45) is 3.40. The van der Waals surface area contributed by atoms with Gasteiger partial charge in [-0.05, 0) is 30.5 Å². The number of carbonyl (C=O) groups is 1. The first-order valence-corrected chi connectivity index (χ1v) is 10.8. The molecule has 2 N–H and O–H groups in total. The lowest BCUT2D eigenvalue weighted by molar-refractivity contribution is -0.142. The first-order valence-electron chi connectivity index (χ1n) is 10.8. The van der Waals surface area contributed by atoms with E-state index in [-0.39, 0.29) is 18.1 Å². The van der Waals surface area contributed by atoms with E-state index in [4.69, 9.17) is 10.6 Å². The molecule has 1 aromatic carbocycles. The summed E-state index contributed by atoms with van der Waals surface area (Å²) in [6, 6.07) is 16.3. The summed E-state index contributed by atoms with van der Waals surface area (Å²) in [5.74, 6) is 6.70. The van der Waals surface area contributed by atoms with E-state index in [1.807, 2.05) is 34.2 Å². The second kappa shape index (κ2) is 10.1. The minimum atomic E-state index is -0.230. The van der Waals surface area contributed by atoms with Crippen LogP contribution in [-0.4, -0.2) is 71.1 Å². The van der Waals surface area contributed by atoms with E-state index in [1.54, 1.807) is 6.20 Å². The van der Waals surface area contributed by atoms with Gasteiger partial charge in [0.2, 0.25) is 0 Å². The first-order chi connectivity index (χ1) is 14.7. The Morgan fingerprint density at radius 2 is 1.90 bits per heavy atom. The molecule has 0 spiro atoms. The van der Waals surface area contributed by atoms with Crippen LogP contribution in [0.2, 0.25) is 0 Å². The van der Waals surface area contributed by atoms with E-state index in [0.29, 0.717) is 13.2 Å². The number of carbonyl (C=O) groups excluding carboxylic acids is 1. The van der Waals surface area contributed by atoms with Crippen LogP contribution in [0.25, 0.3) is 0 Å². The Labute approximate surface area is 178 Å². The Morgan fingerprint density at radius 1 is 1.13 bits per heavy atom. The molecule has 4 rings (SSSR count). The molecule has 0 aliphatic carbocycles. The van der Waals surface area contributed by atoms with Gasteiger partial charge in [0.15, 0.2) is 0 Å². The number of ether oxygens (including phenoxy) is 1. The van der Waals surface area contributed by atoms with E-state index in [2.05, 4.69) is 34.1 Å². The zero-order chi connectivity index (χ0) is 20.8. The van der Waals surface area contributed by atoms with Crippen molar-refractivity contribution in [2.75, 3.05) is 39.3 Å². The summed E-state index contributed by atoms with van der Waals surface area (Å²) in [5, 5.41) is 1.88. The summed E-state index contributed by atoms with van der Waals surface area (Å²) in [5.41, 5.74) is 2.14. The van der Waals surface area contributed by atoms with Gasteiger partial charge in [0.05, 0.1) is 18.3 Å². The third kappa shape index (κ3) is 5.23. The molecule has 1 aromatic heterocycles. The zero-order valence-corrected chi connectivity index (χ0v) is 17.4. The average molecular weight is 410 g/mol. The van der Waals surface area contributed by atoms with Crippen molar-refractivity contribution in [1.82, 2.24) is 19.8 Å². The van der Waals surface area contributed by atoms with Crippen molar-refractivity contribution in [1.29, 1.82) is 0 Å². The lowest BCUT2D eigenvalue weighted by atomic mass is 10.0. The van der Waals surface area contributed by atoms with Crippen molar-refractivity contribution >= 4 is 5.91 Å². The first kappa shape index (κ1) is 20.9. The number of benzene rings is 1. The number of hydrazine groups is 1. The molecule has 2 unspecified atom stereocenters. The summed E-state index contributed by atoms with van der Waals surface area (Å²) < 4.78 is 5.57. The number of piperazine rings is 1. The average Bonchev–Trinajstić information content (AvgIpc) is 3.34. The Balaban J connectivity index is 1.38. The molecule has 2 saturated heterocycles. The predicted molar refractivity (Wildman–Crippen MR) is 115 cm³/mol. The summed E-state index contributed by atoms with van der Waals surface area (Å²) >= 11 is 0. The molecular formula is C23H31N5O2. The van der Waals surface area contributed by atoms with Crippen LogP contribution in [0.4, 0.5) is 0 Å². The van der Waals surface area contributed by atoms with Gasteiger partial charge in [0.1, 0.15) is 6.10 Å². The van der Waals surface area contributed by atoms with Crippen molar-refractivity contribution < 1.29 is 9.53 Å². The molecule has 3 heterocycles. The molecule has 160 valence electrons. The highest BCUT2D eigenvalue weighted by atomic mass is 16.5. The van der Waals surface area contributed by atoms with Gasteiger partial charge in [-0.1, -0.05) is 36.4 Å². The number of amides is 1. The standard InChI is InChI=1S/C23H31N5O2/c24-28(17-20-9-4-5-11-25-20)21(19-7-2-1-3-8-19)18-26-12-14-27(15-13-26)23(29)22-10-6-16-30-22/h1-5,7-9,11,21-22H,6,10,12-18,24H2. The van der Waals surface area contributed by atoms with Crippen LogP contribution in [0, 0.1) is 0 Å². The molecule has 30 heavy (non-hydrogen) atoms. The van der Waals surface area contributed by atoms with Crippen molar-refractivity contribution in [3.05, 3.63) is 66.0 Å². The molecular weight excluding hydrogens is 378 g/mol. The summed E-state index contributed by atoms with van der Waals surface area (Å²) in [7, 11) is 0. The number of hydrogen-bond acceptors (Lipinski definition) is 6. The second-order valence-corrected chi connectivity index (χ2v) is 8.05. The van der Waals surface area contributed by atoms with Crippen LogP contribution < -0.4 is 5.84 Å². The topological polar surface area (TPSA) is 74.9 Å².